The number of nitrogens with zero attached hydrogens (tertiary/aromatic N) is 1. The van der Waals surface area contributed by atoms with Crippen LogP contribution in [0, 0.1) is 0 Å². The number of urea groups is 1. The van der Waals surface area contributed by atoms with E-state index in [1.54, 1.807) is 31.4 Å². The number of benzene rings is 4. The van der Waals surface area contributed by atoms with Crippen molar-refractivity contribution in [2.24, 2.45) is 0 Å². The lowest BCUT2D eigenvalue weighted by atomic mass is 10.1. The Hall–Kier alpha value is -4.23. The maximum Gasteiger partial charge on any atom is 0.323 e. The number of piperidine rings is 1. The first kappa shape index (κ1) is 26.4. The van der Waals surface area contributed by atoms with Crippen LogP contribution in [0.5, 0.6) is 17.2 Å². The minimum Gasteiger partial charge on any atom is -0.497 e. The summed E-state index contributed by atoms with van der Waals surface area (Å²) < 4.78 is 17.3. The largest absolute Gasteiger partial charge is 0.497 e. The molecule has 202 valence electrons. The number of ether oxygens (including phenoxy) is 3. The molecule has 0 saturated carbocycles. The molecule has 0 aromatic heterocycles. The van der Waals surface area contributed by atoms with E-state index in [1.807, 2.05) is 60.7 Å². The van der Waals surface area contributed by atoms with Crippen LogP contribution in [-0.4, -0.2) is 44.3 Å². The number of anilines is 2. The van der Waals surface area contributed by atoms with Crippen molar-refractivity contribution >= 4 is 28.2 Å². The van der Waals surface area contributed by atoms with E-state index in [-0.39, 0.29) is 6.03 Å². The lowest BCUT2D eigenvalue weighted by Gasteiger charge is -2.26. The maximum absolute atomic E-state index is 12.7. The van der Waals surface area contributed by atoms with Crippen molar-refractivity contribution < 1.29 is 19.0 Å². The molecule has 1 heterocycles. The number of methoxy groups -OCH3 is 1. The molecule has 7 nitrogen and oxygen atoms in total. The number of hydrogen-bond acceptors (Lipinski definition) is 5. The number of carbonyl (C=O) groups excluding carboxylic acids is 1. The third kappa shape index (κ3) is 7.21. The zero-order valence-electron chi connectivity index (χ0n) is 22.3. The van der Waals surface area contributed by atoms with Gasteiger partial charge >= 0.3 is 6.03 Å². The van der Waals surface area contributed by atoms with Crippen LogP contribution in [0.2, 0.25) is 0 Å². The summed E-state index contributed by atoms with van der Waals surface area (Å²) >= 11 is 0. The SMILES string of the molecule is COc1ccc(NC(=O)Nc2ccc(OCc3ccc(OCCN4CCCCC4)cc3)c3ccccc23)cc1. The van der Waals surface area contributed by atoms with Crippen LogP contribution in [-0.2, 0) is 6.61 Å². The quantitative estimate of drug-likeness (QED) is 0.235. The molecule has 1 aliphatic heterocycles. The highest BCUT2D eigenvalue weighted by Crippen LogP contribution is 2.32. The van der Waals surface area contributed by atoms with E-state index in [0.717, 1.165) is 40.1 Å². The molecule has 1 aliphatic rings. The van der Waals surface area contributed by atoms with Gasteiger partial charge in [-0.25, -0.2) is 4.79 Å². The predicted molar refractivity (Wildman–Crippen MR) is 156 cm³/mol. The Morgan fingerprint density at radius 3 is 2.23 bits per heavy atom. The summed E-state index contributed by atoms with van der Waals surface area (Å²) in [5, 5.41) is 7.63. The van der Waals surface area contributed by atoms with Gasteiger partial charge in [0.05, 0.1) is 12.8 Å². The molecule has 2 amide bonds. The Balaban J connectivity index is 1.17. The van der Waals surface area contributed by atoms with E-state index >= 15 is 0 Å². The molecule has 7 heteroatoms. The lowest BCUT2D eigenvalue weighted by Crippen LogP contribution is -2.33. The van der Waals surface area contributed by atoms with Gasteiger partial charge in [-0.05, 0) is 80.0 Å². The smallest absolute Gasteiger partial charge is 0.323 e. The number of nitrogens with one attached hydrogen (secondary N) is 2. The highest BCUT2D eigenvalue weighted by molar-refractivity contribution is 6.07. The maximum atomic E-state index is 12.7. The van der Waals surface area contributed by atoms with Gasteiger partial charge in [-0.3, -0.25) is 4.90 Å². The molecule has 2 N–H and O–H groups in total. The number of hydrogen-bond donors (Lipinski definition) is 2. The van der Waals surface area contributed by atoms with Gasteiger partial charge in [0.1, 0.15) is 30.5 Å². The van der Waals surface area contributed by atoms with Gasteiger partial charge in [-0.1, -0.05) is 42.8 Å². The summed E-state index contributed by atoms with van der Waals surface area (Å²) in [6, 6.07) is 26.6. The normalized spacial score (nSPS) is 13.6. The molecule has 1 fully saturated rings. The number of carbonyl (C=O) groups is 1. The van der Waals surface area contributed by atoms with Crippen LogP contribution in [0.25, 0.3) is 10.8 Å². The molecule has 1 saturated heterocycles. The van der Waals surface area contributed by atoms with Crippen LogP contribution >= 0.6 is 0 Å². The first-order chi connectivity index (χ1) is 19.2. The molecule has 0 aliphatic carbocycles. The fourth-order valence-electron chi connectivity index (χ4n) is 4.78. The second-order valence-corrected chi connectivity index (χ2v) is 9.65. The second-order valence-electron chi connectivity index (χ2n) is 9.65. The Morgan fingerprint density at radius 2 is 1.49 bits per heavy atom. The number of rotatable bonds is 10. The predicted octanol–water partition coefficient (Wildman–Crippen LogP) is 6.94. The Kier molecular flexibility index (Phi) is 8.81. The van der Waals surface area contributed by atoms with Gasteiger partial charge < -0.3 is 24.8 Å². The molecule has 4 aromatic carbocycles. The van der Waals surface area contributed by atoms with Crippen LogP contribution in [0.15, 0.2) is 84.9 Å². The van der Waals surface area contributed by atoms with Crippen molar-refractivity contribution in [1.82, 2.24) is 4.90 Å². The zero-order valence-corrected chi connectivity index (χ0v) is 22.3. The van der Waals surface area contributed by atoms with E-state index in [4.69, 9.17) is 14.2 Å². The molecule has 0 bridgehead atoms. The summed E-state index contributed by atoms with van der Waals surface area (Å²) in [4.78, 5) is 15.1. The Bertz CT molecular complexity index is 1370. The zero-order chi connectivity index (χ0) is 26.9. The third-order valence-electron chi connectivity index (χ3n) is 6.92. The minimum atomic E-state index is -0.322. The third-order valence-corrected chi connectivity index (χ3v) is 6.92. The Labute approximate surface area is 229 Å². The van der Waals surface area contributed by atoms with Crippen molar-refractivity contribution in [2.75, 3.05) is 44.0 Å². The minimum absolute atomic E-state index is 0.322. The average molecular weight is 526 g/mol. The summed E-state index contributed by atoms with van der Waals surface area (Å²) in [5.74, 6) is 2.37. The first-order valence-corrected chi connectivity index (χ1v) is 13.5. The first-order valence-electron chi connectivity index (χ1n) is 13.5. The lowest BCUT2D eigenvalue weighted by molar-refractivity contribution is 0.183. The highest BCUT2D eigenvalue weighted by Gasteiger charge is 2.11. The summed E-state index contributed by atoms with van der Waals surface area (Å²) in [6.45, 7) is 4.49. The van der Waals surface area contributed by atoms with Crippen molar-refractivity contribution in [2.45, 2.75) is 25.9 Å². The standard InChI is InChI=1S/C32H35N3O4/c1-37-26-15-11-25(12-16-26)33-32(36)34-30-17-18-31(29-8-4-3-7-28(29)30)39-23-24-9-13-27(14-10-24)38-22-21-35-19-5-2-6-20-35/h3-4,7-18H,2,5-6,19-23H2,1H3,(H2,33,34,36). The molecule has 4 aromatic rings. The summed E-state index contributed by atoms with van der Waals surface area (Å²) in [6.07, 6.45) is 3.94. The molecule has 0 radical (unpaired) electrons. The fourth-order valence-corrected chi connectivity index (χ4v) is 4.78. The molecular formula is C32H35N3O4. The van der Waals surface area contributed by atoms with Gasteiger partial charge in [0, 0.05) is 23.0 Å². The molecule has 0 atom stereocenters. The van der Waals surface area contributed by atoms with E-state index in [1.165, 1.54) is 32.4 Å². The van der Waals surface area contributed by atoms with E-state index in [2.05, 4.69) is 15.5 Å². The topological polar surface area (TPSA) is 72.1 Å². The summed E-state index contributed by atoms with van der Waals surface area (Å²) in [7, 11) is 1.61. The van der Waals surface area contributed by atoms with Crippen LogP contribution < -0.4 is 24.8 Å². The van der Waals surface area contributed by atoms with Crippen LogP contribution in [0.4, 0.5) is 16.2 Å². The highest BCUT2D eigenvalue weighted by atomic mass is 16.5. The molecule has 0 spiro atoms. The van der Waals surface area contributed by atoms with E-state index in [9.17, 15) is 4.79 Å². The van der Waals surface area contributed by atoms with Crippen molar-refractivity contribution in [3.63, 3.8) is 0 Å². The fraction of sp³-hybridized carbons (Fsp3) is 0.281. The molecule has 5 rings (SSSR count). The van der Waals surface area contributed by atoms with Crippen molar-refractivity contribution in [3.05, 3.63) is 90.5 Å². The van der Waals surface area contributed by atoms with Crippen LogP contribution in [0.1, 0.15) is 24.8 Å². The van der Waals surface area contributed by atoms with E-state index < -0.39 is 0 Å². The van der Waals surface area contributed by atoms with Crippen molar-refractivity contribution in [3.8, 4) is 17.2 Å². The van der Waals surface area contributed by atoms with Gasteiger partial charge in [-0.2, -0.15) is 0 Å². The second kappa shape index (κ2) is 13.0. The van der Waals surface area contributed by atoms with Gasteiger partial charge in [0.15, 0.2) is 0 Å². The number of fused-ring (bicyclic) bond motifs is 1. The van der Waals surface area contributed by atoms with Crippen LogP contribution in [0.3, 0.4) is 0 Å². The summed E-state index contributed by atoms with van der Waals surface area (Å²) in [5.41, 5.74) is 2.44. The van der Waals surface area contributed by atoms with Crippen molar-refractivity contribution in [1.29, 1.82) is 0 Å². The van der Waals surface area contributed by atoms with Gasteiger partial charge in [0.25, 0.3) is 0 Å². The van der Waals surface area contributed by atoms with Gasteiger partial charge in [-0.15, -0.1) is 0 Å². The van der Waals surface area contributed by atoms with Gasteiger partial charge in [0.2, 0.25) is 0 Å². The molecule has 39 heavy (non-hydrogen) atoms. The molecule has 0 unspecified atom stereocenters. The Morgan fingerprint density at radius 1 is 0.769 bits per heavy atom. The number of likely N-dealkylation sites (tertiary alicyclic amines) is 1. The molecular weight excluding hydrogens is 490 g/mol. The van der Waals surface area contributed by atoms with E-state index in [0.29, 0.717) is 24.6 Å². The average Bonchev–Trinajstić information content (AvgIpc) is 2.98. The monoisotopic (exact) mass is 525 g/mol. The number of amides is 2.